The number of aliphatic hydroxyl groups is 4. The second-order valence-corrected chi connectivity index (χ2v) is 6.10. The molecule has 0 amide bonds. The van der Waals surface area contributed by atoms with E-state index < -0.39 is 43.5 Å². The zero-order chi connectivity index (χ0) is 22.1. The van der Waals surface area contributed by atoms with Crippen LogP contribution in [0.1, 0.15) is 29.3 Å². The topological polar surface area (TPSA) is 189 Å². The average molecular weight is 417 g/mol. The van der Waals surface area contributed by atoms with E-state index in [2.05, 4.69) is 9.47 Å². The monoisotopic (exact) mass is 417 g/mol. The number of aromatic hydroxyl groups is 1. The van der Waals surface area contributed by atoms with E-state index in [-0.39, 0.29) is 11.5 Å². The van der Waals surface area contributed by atoms with Crippen molar-refractivity contribution in [2.45, 2.75) is 50.6 Å². The van der Waals surface area contributed by atoms with Crippen LogP contribution in [0.2, 0.25) is 0 Å². The SMILES string of the molecule is CCC(=O)c1ccc(CN)cc1O.COC(=O)O[C@H]1[C@H](O)[C@@H](O)[C@H](O)O[C@@H]1CO. The number of carbonyl (C=O) groups is 2. The first-order valence-electron chi connectivity index (χ1n) is 8.80. The van der Waals surface area contributed by atoms with E-state index in [9.17, 15) is 24.9 Å². The zero-order valence-electron chi connectivity index (χ0n) is 16.1. The number of nitrogens with two attached hydrogens (primary N) is 1. The molecule has 1 fully saturated rings. The van der Waals surface area contributed by atoms with Gasteiger partial charge >= 0.3 is 6.16 Å². The average Bonchev–Trinajstić information content (AvgIpc) is 2.73. The summed E-state index contributed by atoms with van der Waals surface area (Å²) in [5, 5.41) is 46.3. The molecule has 1 aromatic carbocycles. The molecule has 164 valence electrons. The van der Waals surface area contributed by atoms with Crippen LogP contribution in [-0.4, -0.2) is 81.9 Å². The molecule has 1 heterocycles. The number of methoxy groups -OCH3 is 1. The minimum Gasteiger partial charge on any atom is -0.507 e. The second-order valence-electron chi connectivity index (χ2n) is 6.10. The van der Waals surface area contributed by atoms with Crippen molar-refractivity contribution < 1.29 is 49.3 Å². The molecular formula is C18H27NO10. The fourth-order valence-corrected chi connectivity index (χ4v) is 2.50. The minimum atomic E-state index is -1.65. The molecule has 11 heteroatoms. The smallest absolute Gasteiger partial charge is 0.507 e. The van der Waals surface area contributed by atoms with E-state index in [1.165, 1.54) is 6.07 Å². The second kappa shape index (κ2) is 11.7. The number of phenols is 1. The van der Waals surface area contributed by atoms with Gasteiger partial charge in [-0.25, -0.2) is 4.79 Å². The minimum absolute atomic E-state index is 0.0230. The van der Waals surface area contributed by atoms with Gasteiger partial charge in [-0.15, -0.1) is 0 Å². The third-order valence-electron chi connectivity index (χ3n) is 4.16. The van der Waals surface area contributed by atoms with Gasteiger partial charge in [0.1, 0.15) is 24.1 Å². The highest BCUT2D eigenvalue weighted by molar-refractivity contribution is 5.98. The molecule has 0 bridgehead atoms. The Balaban J connectivity index is 0.000000296. The van der Waals surface area contributed by atoms with Crippen LogP contribution in [0.25, 0.3) is 0 Å². The molecule has 5 atom stereocenters. The van der Waals surface area contributed by atoms with Crippen LogP contribution in [0.5, 0.6) is 5.75 Å². The molecule has 2 rings (SSSR count). The van der Waals surface area contributed by atoms with Crippen LogP contribution in [0.4, 0.5) is 4.79 Å². The Morgan fingerprint density at radius 1 is 1.21 bits per heavy atom. The number of carbonyl (C=O) groups excluding carboxylic acids is 2. The molecule has 1 saturated heterocycles. The number of rotatable bonds is 5. The van der Waals surface area contributed by atoms with Gasteiger partial charge in [0.15, 0.2) is 18.2 Å². The number of hydrogen-bond donors (Lipinski definition) is 6. The molecule has 0 spiro atoms. The molecule has 0 saturated carbocycles. The van der Waals surface area contributed by atoms with Crippen LogP contribution in [0, 0.1) is 0 Å². The van der Waals surface area contributed by atoms with E-state index in [1.54, 1.807) is 19.1 Å². The highest BCUT2D eigenvalue weighted by Gasteiger charge is 2.46. The fourth-order valence-electron chi connectivity index (χ4n) is 2.50. The maximum absolute atomic E-state index is 11.2. The van der Waals surface area contributed by atoms with Crippen molar-refractivity contribution in [2.75, 3.05) is 13.7 Å². The van der Waals surface area contributed by atoms with Crippen LogP contribution in [-0.2, 0) is 20.8 Å². The van der Waals surface area contributed by atoms with Gasteiger partial charge in [-0.2, -0.15) is 0 Å². The Morgan fingerprint density at radius 3 is 2.34 bits per heavy atom. The summed E-state index contributed by atoms with van der Waals surface area (Å²) in [6.07, 6.45) is -7.98. The van der Waals surface area contributed by atoms with Gasteiger partial charge in [0.2, 0.25) is 0 Å². The number of benzene rings is 1. The Kier molecular flexibility index (Phi) is 9.95. The standard InChI is InChI=1S/C10H13NO2.C8H14O8/c1-2-9(12)8-4-3-7(6-11)5-10(8)13;1-14-8(13)16-6-3(2-9)15-7(12)5(11)4(6)10/h3-5,13H,2,6,11H2,1H3;3-7,9-12H,2H2,1H3/t;3-,4-,5-,6-,7-/m.1/s1. The van der Waals surface area contributed by atoms with Gasteiger partial charge in [0.05, 0.1) is 19.3 Å². The van der Waals surface area contributed by atoms with Crippen molar-refractivity contribution in [3.8, 4) is 5.75 Å². The molecule has 1 aliphatic heterocycles. The van der Waals surface area contributed by atoms with E-state index >= 15 is 0 Å². The first kappa shape index (κ1) is 24.8. The summed E-state index contributed by atoms with van der Waals surface area (Å²) in [6.45, 7) is 1.54. The first-order chi connectivity index (χ1) is 13.7. The lowest BCUT2D eigenvalue weighted by Gasteiger charge is -2.39. The molecule has 29 heavy (non-hydrogen) atoms. The van der Waals surface area contributed by atoms with Gasteiger partial charge in [-0.3, -0.25) is 4.79 Å². The lowest BCUT2D eigenvalue weighted by Crippen LogP contribution is -2.59. The van der Waals surface area contributed by atoms with Crippen molar-refractivity contribution in [2.24, 2.45) is 5.73 Å². The highest BCUT2D eigenvalue weighted by atomic mass is 16.7. The molecule has 0 radical (unpaired) electrons. The lowest BCUT2D eigenvalue weighted by molar-refractivity contribution is -0.287. The number of ketones is 1. The quantitative estimate of drug-likeness (QED) is 0.255. The van der Waals surface area contributed by atoms with Crippen molar-refractivity contribution in [1.29, 1.82) is 0 Å². The van der Waals surface area contributed by atoms with E-state index in [0.29, 0.717) is 18.5 Å². The van der Waals surface area contributed by atoms with Crippen LogP contribution in [0.15, 0.2) is 18.2 Å². The Hall–Kier alpha value is -2.28. The Bertz CT molecular complexity index is 681. The normalized spacial score (nSPS) is 26.1. The highest BCUT2D eigenvalue weighted by Crippen LogP contribution is 2.22. The maximum Gasteiger partial charge on any atom is 0.508 e. The molecule has 0 aromatic heterocycles. The third-order valence-corrected chi connectivity index (χ3v) is 4.16. The van der Waals surface area contributed by atoms with Crippen molar-refractivity contribution >= 4 is 11.9 Å². The summed E-state index contributed by atoms with van der Waals surface area (Å²) >= 11 is 0. The lowest BCUT2D eigenvalue weighted by atomic mass is 9.99. The largest absolute Gasteiger partial charge is 0.508 e. The molecule has 7 N–H and O–H groups in total. The molecular weight excluding hydrogens is 390 g/mol. The van der Waals surface area contributed by atoms with E-state index in [0.717, 1.165) is 12.7 Å². The zero-order valence-corrected chi connectivity index (χ0v) is 16.1. The number of ether oxygens (including phenoxy) is 3. The molecule has 0 aliphatic carbocycles. The summed E-state index contributed by atoms with van der Waals surface area (Å²) in [6, 6.07) is 4.90. The summed E-state index contributed by atoms with van der Waals surface area (Å²) < 4.78 is 13.5. The van der Waals surface area contributed by atoms with Gasteiger partial charge < -0.3 is 45.5 Å². The summed E-state index contributed by atoms with van der Waals surface area (Å²) in [4.78, 5) is 22.1. The number of aliphatic hydroxyl groups excluding tert-OH is 4. The number of Topliss-reactive ketones (excluding diaryl/α,β-unsaturated/α-hetero) is 1. The maximum atomic E-state index is 11.2. The number of phenolic OH excluding ortho intramolecular Hbond substituents is 1. The summed E-state index contributed by atoms with van der Waals surface area (Å²) in [5.74, 6) is -0.0316. The Morgan fingerprint density at radius 2 is 1.86 bits per heavy atom. The summed E-state index contributed by atoms with van der Waals surface area (Å²) in [5.41, 5.74) is 6.58. The predicted octanol–water partition coefficient (Wildman–Crippen LogP) is -0.987. The molecule has 1 aromatic rings. The van der Waals surface area contributed by atoms with Gasteiger partial charge in [0.25, 0.3) is 0 Å². The van der Waals surface area contributed by atoms with Gasteiger partial charge in [0, 0.05) is 13.0 Å². The van der Waals surface area contributed by atoms with Crippen LogP contribution < -0.4 is 5.73 Å². The van der Waals surface area contributed by atoms with Crippen molar-refractivity contribution in [1.82, 2.24) is 0 Å². The van der Waals surface area contributed by atoms with Crippen molar-refractivity contribution in [3.63, 3.8) is 0 Å². The van der Waals surface area contributed by atoms with Crippen LogP contribution >= 0.6 is 0 Å². The van der Waals surface area contributed by atoms with Crippen LogP contribution in [0.3, 0.4) is 0 Å². The van der Waals surface area contributed by atoms with Crippen molar-refractivity contribution in [3.05, 3.63) is 29.3 Å². The third kappa shape index (κ3) is 6.63. The van der Waals surface area contributed by atoms with E-state index in [1.807, 2.05) is 0 Å². The Labute approximate surface area is 167 Å². The predicted molar refractivity (Wildman–Crippen MR) is 97.9 cm³/mol. The molecule has 0 unspecified atom stereocenters. The summed E-state index contributed by atoms with van der Waals surface area (Å²) in [7, 11) is 1.07. The molecule has 1 aliphatic rings. The number of hydrogen-bond acceptors (Lipinski definition) is 11. The molecule has 11 nitrogen and oxygen atoms in total. The van der Waals surface area contributed by atoms with Gasteiger partial charge in [-0.05, 0) is 17.7 Å². The van der Waals surface area contributed by atoms with E-state index in [4.69, 9.17) is 20.7 Å². The van der Waals surface area contributed by atoms with Gasteiger partial charge in [-0.1, -0.05) is 13.0 Å². The fraction of sp³-hybridized carbons (Fsp3) is 0.556. The first-order valence-corrected chi connectivity index (χ1v) is 8.80.